The second kappa shape index (κ2) is 9.92. The van der Waals surface area contributed by atoms with Gasteiger partial charge in [-0.05, 0) is 61.6 Å². The molecule has 0 bridgehead atoms. The molecule has 31 heavy (non-hydrogen) atoms. The van der Waals surface area contributed by atoms with Crippen LogP contribution >= 0.6 is 11.6 Å². The molecular formula is C23H25ClN2O5. The summed E-state index contributed by atoms with van der Waals surface area (Å²) in [5, 5.41) is 8.98. The molecular weight excluding hydrogens is 420 g/mol. The zero-order chi connectivity index (χ0) is 22.5. The summed E-state index contributed by atoms with van der Waals surface area (Å²) in [6.07, 6.45) is 5.30. The molecule has 0 atom stereocenters. The van der Waals surface area contributed by atoms with Crippen molar-refractivity contribution in [3.8, 4) is 0 Å². The Morgan fingerprint density at radius 3 is 2.42 bits per heavy atom. The molecule has 0 saturated heterocycles. The summed E-state index contributed by atoms with van der Waals surface area (Å²) in [6.45, 7) is 1.62. The summed E-state index contributed by atoms with van der Waals surface area (Å²) < 4.78 is 4.90. The van der Waals surface area contributed by atoms with Crippen LogP contribution in [0.5, 0.6) is 0 Å². The normalized spacial score (nSPS) is 19.1. The van der Waals surface area contributed by atoms with E-state index in [4.69, 9.17) is 21.4 Å². The van der Waals surface area contributed by atoms with Gasteiger partial charge in [0.1, 0.15) is 11.0 Å². The smallest absolute Gasteiger partial charge is 0.338 e. The first kappa shape index (κ1) is 22.7. The van der Waals surface area contributed by atoms with Gasteiger partial charge in [-0.25, -0.2) is 9.78 Å². The second-order valence-electron chi connectivity index (χ2n) is 7.84. The molecule has 1 aromatic heterocycles. The van der Waals surface area contributed by atoms with Gasteiger partial charge in [-0.1, -0.05) is 35.9 Å². The molecule has 7 nitrogen and oxygen atoms in total. The molecule has 2 N–H and O–H groups in total. The quantitative estimate of drug-likeness (QED) is 0.392. The number of aryl methyl sites for hydroxylation is 1. The lowest BCUT2D eigenvalue weighted by molar-refractivity contribution is -0.138. The monoisotopic (exact) mass is 444 g/mol. The molecule has 0 unspecified atom stereocenters. The van der Waals surface area contributed by atoms with E-state index >= 15 is 0 Å². The molecule has 1 aromatic carbocycles. The Morgan fingerprint density at radius 2 is 1.87 bits per heavy atom. The number of carbonyl (C=O) groups excluding carboxylic acids is 1. The molecule has 164 valence electrons. The van der Waals surface area contributed by atoms with Crippen molar-refractivity contribution in [3.05, 3.63) is 62.3 Å². The van der Waals surface area contributed by atoms with Crippen LogP contribution in [0.15, 0.2) is 29.1 Å². The first-order valence-electron chi connectivity index (χ1n) is 10.2. The molecule has 1 aliphatic rings. The van der Waals surface area contributed by atoms with Crippen molar-refractivity contribution in [3.63, 3.8) is 0 Å². The van der Waals surface area contributed by atoms with E-state index in [1.807, 2.05) is 24.3 Å². The fourth-order valence-electron chi connectivity index (χ4n) is 4.08. The average Bonchev–Trinajstić information content (AvgIpc) is 2.73. The number of nitrogens with zero attached hydrogens (tertiary/aromatic N) is 1. The number of benzene rings is 1. The number of hydrogen-bond donors (Lipinski definition) is 2. The summed E-state index contributed by atoms with van der Waals surface area (Å²) in [6, 6.07) is 7.58. The number of halogens is 1. The third-order valence-corrected chi connectivity index (χ3v) is 6.01. The van der Waals surface area contributed by atoms with Crippen molar-refractivity contribution in [2.75, 3.05) is 7.11 Å². The van der Waals surface area contributed by atoms with E-state index in [0.29, 0.717) is 17.3 Å². The lowest BCUT2D eigenvalue weighted by Crippen LogP contribution is -2.16. The molecule has 0 radical (unpaired) electrons. The zero-order valence-electron chi connectivity index (χ0n) is 17.5. The number of ether oxygens (including phenoxy) is 1. The van der Waals surface area contributed by atoms with Crippen molar-refractivity contribution in [1.29, 1.82) is 0 Å². The molecule has 1 saturated carbocycles. The molecule has 3 rings (SSSR count). The largest absolute Gasteiger partial charge is 0.481 e. The number of nitrogens with one attached hydrogen (secondary N) is 1. The minimum Gasteiger partial charge on any atom is -0.481 e. The maximum atomic E-state index is 12.4. The highest BCUT2D eigenvalue weighted by molar-refractivity contribution is 6.32. The van der Waals surface area contributed by atoms with Gasteiger partial charge in [-0.15, -0.1) is 0 Å². The van der Waals surface area contributed by atoms with E-state index in [0.717, 1.165) is 31.2 Å². The minimum absolute atomic E-state index is 0.0115. The summed E-state index contributed by atoms with van der Waals surface area (Å²) in [4.78, 5) is 42.2. The minimum atomic E-state index is -0.738. The Hall–Kier alpha value is -2.93. The van der Waals surface area contributed by atoms with Crippen LogP contribution in [0.3, 0.4) is 0 Å². The lowest BCUT2D eigenvalue weighted by Gasteiger charge is -2.28. The molecule has 0 aliphatic heterocycles. The SMILES string of the molecule is COC(=O)/C(=C\c1c(Cl)nc(C)[nH]c1=O)c1ccc(C2CCC(CC(=O)O)CC2)cc1. The van der Waals surface area contributed by atoms with Gasteiger partial charge in [-0.3, -0.25) is 9.59 Å². The van der Waals surface area contributed by atoms with Gasteiger partial charge in [0.15, 0.2) is 0 Å². The van der Waals surface area contributed by atoms with Crippen LogP contribution < -0.4 is 5.56 Å². The fourth-order valence-corrected chi connectivity index (χ4v) is 4.35. The fraction of sp³-hybridized carbons (Fsp3) is 0.391. The number of carboxylic acid groups (broad SMARTS) is 1. The first-order chi connectivity index (χ1) is 14.8. The van der Waals surface area contributed by atoms with Crippen LogP contribution in [-0.4, -0.2) is 34.1 Å². The van der Waals surface area contributed by atoms with Gasteiger partial charge in [-0.2, -0.15) is 0 Å². The van der Waals surface area contributed by atoms with Crippen LogP contribution in [0.1, 0.15) is 60.5 Å². The topological polar surface area (TPSA) is 109 Å². The highest BCUT2D eigenvalue weighted by Gasteiger charge is 2.24. The molecule has 1 heterocycles. The Kier molecular flexibility index (Phi) is 7.28. The molecule has 0 amide bonds. The summed E-state index contributed by atoms with van der Waals surface area (Å²) in [5.41, 5.74) is 1.61. The van der Waals surface area contributed by atoms with E-state index in [1.54, 1.807) is 6.92 Å². The van der Waals surface area contributed by atoms with Crippen LogP contribution in [-0.2, 0) is 14.3 Å². The number of methoxy groups -OCH3 is 1. The highest BCUT2D eigenvalue weighted by Crippen LogP contribution is 2.37. The van der Waals surface area contributed by atoms with Crippen molar-refractivity contribution < 1.29 is 19.4 Å². The summed E-state index contributed by atoms with van der Waals surface area (Å²) in [7, 11) is 1.28. The second-order valence-corrected chi connectivity index (χ2v) is 8.20. The van der Waals surface area contributed by atoms with E-state index in [9.17, 15) is 14.4 Å². The van der Waals surface area contributed by atoms with Crippen LogP contribution in [0.4, 0.5) is 0 Å². The predicted molar refractivity (Wildman–Crippen MR) is 118 cm³/mol. The Bertz CT molecular complexity index is 1050. The third-order valence-electron chi connectivity index (χ3n) is 5.72. The van der Waals surface area contributed by atoms with Gasteiger partial charge in [0.25, 0.3) is 5.56 Å². The van der Waals surface area contributed by atoms with Crippen molar-refractivity contribution in [2.24, 2.45) is 5.92 Å². The number of aliphatic carboxylic acids is 1. The summed E-state index contributed by atoms with van der Waals surface area (Å²) in [5.74, 6) is -0.333. The number of carbonyl (C=O) groups is 2. The maximum absolute atomic E-state index is 12.4. The number of aromatic amines is 1. The van der Waals surface area contributed by atoms with Crippen LogP contribution in [0.25, 0.3) is 11.6 Å². The summed E-state index contributed by atoms with van der Waals surface area (Å²) >= 11 is 6.12. The van der Waals surface area contributed by atoms with E-state index in [2.05, 4.69) is 9.97 Å². The number of carboxylic acids is 1. The van der Waals surface area contributed by atoms with Gasteiger partial charge >= 0.3 is 11.9 Å². The average molecular weight is 445 g/mol. The Morgan fingerprint density at radius 1 is 1.23 bits per heavy atom. The number of esters is 1. The molecule has 1 fully saturated rings. The number of rotatable bonds is 6. The third kappa shape index (κ3) is 5.61. The highest BCUT2D eigenvalue weighted by atomic mass is 35.5. The molecule has 0 spiro atoms. The van der Waals surface area contributed by atoms with Crippen LogP contribution in [0, 0.1) is 12.8 Å². The van der Waals surface area contributed by atoms with E-state index in [-0.39, 0.29) is 28.6 Å². The number of H-pyrrole nitrogens is 1. The van der Waals surface area contributed by atoms with Gasteiger partial charge < -0.3 is 14.8 Å². The van der Waals surface area contributed by atoms with E-state index in [1.165, 1.54) is 13.2 Å². The maximum Gasteiger partial charge on any atom is 0.338 e. The van der Waals surface area contributed by atoms with Crippen LogP contribution in [0.2, 0.25) is 5.15 Å². The molecule has 1 aliphatic carbocycles. The van der Waals surface area contributed by atoms with Crippen molar-refractivity contribution in [2.45, 2.75) is 44.9 Å². The van der Waals surface area contributed by atoms with Gasteiger partial charge in [0.05, 0.1) is 18.2 Å². The lowest BCUT2D eigenvalue weighted by atomic mass is 9.77. The number of hydrogen-bond acceptors (Lipinski definition) is 5. The van der Waals surface area contributed by atoms with Gasteiger partial charge in [0, 0.05) is 6.42 Å². The standard InChI is InChI=1S/C23H25ClN2O5/c1-13-25-21(24)19(22(29)26-13)12-18(23(30)31-2)17-9-7-16(8-10-17)15-5-3-14(4-6-15)11-20(27)28/h7-10,12,14-15H,3-6,11H2,1-2H3,(H,27,28)(H,25,26,29)/b18-12-. The predicted octanol–water partition coefficient (Wildman–Crippen LogP) is 4.19. The first-order valence-corrected chi connectivity index (χ1v) is 10.5. The van der Waals surface area contributed by atoms with E-state index < -0.39 is 17.5 Å². The number of aromatic nitrogens is 2. The molecule has 8 heteroatoms. The van der Waals surface area contributed by atoms with Crippen molar-refractivity contribution in [1.82, 2.24) is 9.97 Å². The molecule has 2 aromatic rings. The van der Waals surface area contributed by atoms with Crippen molar-refractivity contribution >= 4 is 35.2 Å². The zero-order valence-corrected chi connectivity index (χ0v) is 18.2. The Balaban J connectivity index is 1.84. The Labute approximate surface area is 185 Å². The van der Waals surface area contributed by atoms with Gasteiger partial charge in [0.2, 0.25) is 0 Å².